The molecule has 4 aromatic rings. The number of piperazine rings is 1. The van der Waals surface area contributed by atoms with Crippen molar-refractivity contribution in [2.24, 2.45) is 0 Å². The van der Waals surface area contributed by atoms with Crippen molar-refractivity contribution in [1.82, 2.24) is 34.5 Å². The number of nitrogens with zero attached hydrogens (tertiary/aromatic N) is 7. The molecule has 4 heterocycles. The number of nitrogens with one attached hydrogen (secondary N) is 2. The molecule has 1 aliphatic heterocycles. The zero-order valence-electron chi connectivity index (χ0n) is 24.1. The van der Waals surface area contributed by atoms with Gasteiger partial charge in [0.1, 0.15) is 11.3 Å². The SMILES string of the molecule is CCn1cc2ncc(N[C@@H](C)c3cc(NC(=O)Cc4cc(CN5CCN(C)CC5)c(C)cn4)ccc3C)nc2n1. The largest absolute Gasteiger partial charge is 0.362 e. The number of aromatic nitrogens is 5. The molecule has 40 heavy (non-hydrogen) atoms. The van der Waals surface area contributed by atoms with Crippen LogP contribution in [-0.2, 0) is 24.3 Å². The molecule has 10 nitrogen and oxygen atoms in total. The summed E-state index contributed by atoms with van der Waals surface area (Å²) in [6.07, 6.45) is 5.74. The number of likely N-dealkylation sites (N-methyl/N-ethyl adjacent to an activating group) is 1. The number of carbonyl (C=O) groups is 1. The number of fused-ring (bicyclic) bond motifs is 1. The first kappa shape index (κ1) is 27.7. The first-order valence-electron chi connectivity index (χ1n) is 14.0. The number of pyridine rings is 1. The Labute approximate surface area is 235 Å². The highest BCUT2D eigenvalue weighted by Gasteiger charge is 2.17. The summed E-state index contributed by atoms with van der Waals surface area (Å²) in [4.78, 5) is 31.5. The van der Waals surface area contributed by atoms with Gasteiger partial charge in [-0.15, -0.1) is 0 Å². The maximum absolute atomic E-state index is 13.0. The van der Waals surface area contributed by atoms with E-state index in [-0.39, 0.29) is 18.4 Å². The third-order valence-electron chi connectivity index (χ3n) is 7.60. The highest BCUT2D eigenvalue weighted by Crippen LogP contribution is 2.25. The van der Waals surface area contributed by atoms with Gasteiger partial charge in [-0.3, -0.25) is 19.4 Å². The van der Waals surface area contributed by atoms with Crippen LogP contribution in [0.5, 0.6) is 0 Å². The van der Waals surface area contributed by atoms with Gasteiger partial charge in [-0.1, -0.05) is 6.07 Å². The third kappa shape index (κ3) is 6.63. The minimum atomic E-state index is -0.0832. The van der Waals surface area contributed by atoms with Gasteiger partial charge in [-0.05, 0) is 75.2 Å². The maximum atomic E-state index is 13.0. The predicted octanol–water partition coefficient (Wildman–Crippen LogP) is 3.96. The Morgan fingerprint density at radius 1 is 1.05 bits per heavy atom. The van der Waals surface area contributed by atoms with Crippen molar-refractivity contribution in [3.63, 3.8) is 0 Å². The lowest BCUT2D eigenvalue weighted by Crippen LogP contribution is -2.44. The van der Waals surface area contributed by atoms with Crippen LogP contribution >= 0.6 is 0 Å². The van der Waals surface area contributed by atoms with Gasteiger partial charge in [0.05, 0.1) is 24.9 Å². The Kier molecular flexibility index (Phi) is 8.37. The van der Waals surface area contributed by atoms with Crippen LogP contribution in [0.2, 0.25) is 0 Å². The monoisotopic (exact) mass is 541 g/mol. The summed E-state index contributed by atoms with van der Waals surface area (Å²) in [5.41, 5.74) is 7.53. The van der Waals surface area contributed by atoms with Crippen LogP contribution < -0.4 is 10.6 Å². The highest BCUT2D eigenvalue weighted by molar-refractivity contribution is 5.92. The molecule has 1 aromatic carbocycles. The second-order valence-electron chi connectivity index (χ2n) is 10.8. The Morgan fingerprint density at radius 3 is 2.62 bits per heavy atom. The molecule has 0 saturated carbocycles. The van der Waals surface area contributed by atoms with Gasteiger partial charge in [0, 0.05) is 56.8 Å². The smallest absolute Gasteiger partial charge is 0.230 e. The van der Waals surface area contributed by atoms with E-state index in [4.69, 9.17) is 0 Å². The van der Waals surface area contributed by atoms with Crippen molar-refractivity contribution in [3.8, 4) is 0 Å². The number of hydrogen-bond acceptors (Lipinski definition) is 8. The van der Waals surface area contributed by atoms with Crippen molar-refractivity contribution >= 4 is 28.6 Å². The van der Waals surface area contributed by atoms with Crippen molar-refractivity contribution < 1.29 is 4.79 Å². The molecule has 3 aromatic heterocycles. The fraction of sp³-hybridized carbons (Fsp3) is 0.433. The van der Waals surface area contributed by atoms with E-state index in [1.165, 1.54) is 5.56 Å². The number of aryl methyl sites for hydroxylation is 3. The van der Waals surface area contributed by atoms with E-state index in [2.05, 4.69) is 74.4 Å². The molecule has 1 amide bonds. The van der Waals surface area contributed by atoms with E-state index >= 15 is 0 Å². The van der Waals surface area contributed by atoms with Crippen LogP contribution in [-0.4, -0.2) is 73.7 Å². The Hall–Kier alpha value is -3.89. The lowest BCUT2D eigenvalue weighted by molar-refractivity contribution is -0.115. The molecule has 2 N–H and O–H groups in total. The normalized spacial score (nSPS) is 15.3. The van der Waals surface area contributed by atoms with Crippen LogP contribution in [0.15, 0.2) is 42.9 Å². The molecule has 210 valence electrons. The Balaban J connectivity index is 1.22. The minimum Gasteiger partial charge on any atom is -0.362 e. The standard InChI is InChI=1S/C30H39N9O/c1-6-39-19-27-30(36-39)35-28(17-32-27)33-22(4)26-14-24(8-7-20(26)2)34-29(40)15-25-13-23(21(3)16-31-25)18-38-11-9-37(5)10-12-38/h7-8,13-14,16-17,19,22H,6,9-12,15,18H2,1-5H3,(H,34,40)(H,33,35,36)/t22-/m0/s1. The van der Waals surface area contributed by atoms with E-state index in [0.29, 0.717) is 11.5 Å². The minimum absolute atomic E-state index is 0.0484. The zero-order chi connectivity index (χ0) is 28.2. The topological polar surface area (TPSA) is 104 Å². The number of anilines is 2. The summed E-state index contributed by atoms with van der Waals surface area (Å²) < 4.78 is 1.83. The van der Waals surface area contributed by atoms with Crippen LogP contribution in [0.3, 0.4) is 0 Å². The highest BCUT2D eigenvalue weighted by atomic mass is 16.1. The molecule has 1 fully saturated rings. The predicted molar refractivity (Wildman–Crippen MR) is 158 cm³/mol. The van der Waals surface area contributed by atoms with Gasteiger partial charge in [0.15, 0.2) is 0 Å². The average Bonchev–Trinajstić information content (AvgIpc) is 3.35. The molecule has 0 aliphatic carbocycles. The van der Waals surface area contributed by atoms with E-state index in [1.54, 1.807) is 6.20 Å². The number of hydrogen-bond donors (Lipinski definition) is 2. The van der Waals surface area contributed by atoms with Crippen LogP contribution in [0, 0.1) is 13.8 Å². The molecule has 5 rings (SSSR count). The maximum Gasteiger partial charge on any atom is 0.230 e. The summed E-state index contributed by atoms with van der Waals surface area (Å²) in [7, 11) is 2.16. The van der Waals surface area contributed by atoms with Crippen molar-refractivity contribution in [2.45, 2.75) is 53.2 Å². The summed E-state index contributed by atoms with van der Waals surface area (Å²) in [5, 5.41) is 11.0. The lowest BCUT2D eigenvalue weighted by atomic mass is 10.0. The zero-order valence-corrected chi connectivity index (χ0v) is 24.1. The van der Waals surface area contributed by atoms with Gasteiger partial charge in [0.25, 0.3) is 0 Å². The van der Waals surface area contributed by atoms with E-state index in [0.717, 1.165) is 72.9 Å². The first-order valence-corrected chi connectivity index (χ1v) is 14.0. The Bertz CT molecular complexity index is 1490. The van der Waals surface area contributed by atoms with E-state index in [1.807, 2.05) is 42.2 Å². The van der Waals surface area contributed by atoms with Gasteiger partial charge in [-0.2, -0.15) is 5.10 Å². The molecular weight excluding hydrogens is 502 g/mol. The first-order chi connectivity index (χ1) is 19.3. The van der Waals surface area contributed by atoms with Gasteiger partial charge < -0.3 is 15.5 Å². The number of benzene rings is 1. The van der Waals surface area contributed by atoms with E-state index in [9.17, 15) is 4.79 Å². The van der Waals surface area contributed by atoms with Crippen LogP contribution in [0.25, 0.3) is 11.2 Å². The van der Waals surface area contributed by atoms with Crippen LogP contribution in [0.1, 0.15) is 47.8 Å². The molecule has 1 aliphatic rings. The summed E-state index contributed by atoms with van der Waals surface area (Å²) in [6.45, 7) is 14.2. The average molecular weight is 542 g/mol. The number of amides is 1. The molecule has 1 saturated heterocycles. The summed E-state index contributed by atoms with van der Waals surface area (Å²) in [5.74, 6) is 0.577. The quantitative estimate of drug-likeness (QED) is 0.328. The molecule has 0 bridgehead atoms. The Morgan fingerprint density at radius 2 is 1.85 bits per heavy atom. The van der Waals surface area contributed by atoms with Gasteiger partial charge in [-0.25, -0.2) is 9.97 Å². The van der Waals surface area contributed by atoms with Crippen molar-refractivity contribution in [2.75, 3.05) is 43.9 Å². The fourth-order valence-electron chi connectivity index (χ4n) is 5.06. The second kappa shape index (κ2) is 12.1. The molecule has 0 unspecified atom stereocenters. The fourth-order valence-corrected chi connectivity index (χ4v) is 5.06. The molecule has 0 spiro atoms. The second-order valence-corrected chi connectivity index (χ2v) is 10.8. The number of carbonyl (C=O) groups excluding carboxylic acids is 1. The van der Waals surface area contributed by atoms with E-state index < -0.39 is 0 Å². The van der Waals surface area contributed by atoms with Crippen molar-refractivity contribution in [3.05, 3.63) is 70.8 Å². The molecule has 0 radical (unpaired) electrons. The molecular formula is C30H39N9O. The summed E-state index contributed by atoms with van der Waals surface area (Å²) >= 11 is 0. The number of rotatable bonds is 9. The van der Waals surface area contributed by atoms with Gasteiger partial charge >= 0.3 is 0 Å². The summed E-state index contributed by atoms with van der Waals surface area (Å²) in [6, 6.07) is 8.02. The van der Waals surface area contributed by atoms with Crippen molar-refractivity contribution in [1.29, 1.82) is 0 Å². The molecule has 10 heteroatoms. The lowest BCUT2D eigenvalue weighted by Gasteiger charge is -2.32. The third-order valence-corrected chi connectivity index (χ3v) is 7.60. The van der Waals surface area contributed by atoms with Crippen LogP contribution in [0.4, 0.5) is 11.5 Å². The molecule has 1 atom stereocenters. The van der Waals surface area contributed by atoms with Gasteiger partial charge in [0.2, 0.25) is 11.6 Å².